The molecule has 2 heterocycles. The van der Waals surface area contributed by atoms with E-state index >= 15 is 0 Å². The third-order valence-electron chi connectivity index (χ3n) is 5.48. The van der Waals surface area contributed by atoms with Crippen LogP contribution < -0.4 is 10.3 Å². The summed E-state index contributed by atoms with van der Waals surface area (Å²) in [6.07, 6.45) is 0.223. The number of pyridine rings is 1. The first-order valence-electron chi connectivity index (χ1n) is 9.92. The third kappa shape index (κ3) is 3.57. The Bertz CT molecular complexity index is 1350. The van der Waals surface area contributed by atoms with Crippen molar-refractivity contribution in [3.8, 4) is 16.9 Å². The molecule has 0 fully saturated rings. The number of nitrogens with zero attached hydrogens (tertiary/aromatic N) is 1. The molecular formula is C25H19ClN2O3. The Hall–Kier alpha value is -3.57. The summed E-state index contributed by atoms with van der Waals surface area (Å²) in [4.78, 5) is 21.9. The highest BCUT2D eigenvalue weighted by atomic mass is 35.5. The summed E-state index contributed by atoms with van der Waals surface area (Å²) in [6, 6.07) is 22.9. The van der Waals surface area contributed by atoms with Crippen LogP contribution in [0.3, 0.4) is 0 Å². The highest BCUT2D eigenvalue weighted by Crippen LogP contribution is 2.36. The number of H-pyrrole nitrogens is 1. The average molecular weight is 431 g/mol. The number of ether oxygens (including phenoxy) is 1. The van der Waals surface area contributed by atoms with Crippen LogP contribution in [0.15, 0.2) is 82.7 Å². The van der Waals surface area contributed by atoms with Crippen LogP contribution in [0.5, 0.6) is 5.75 Å². The zero-order valence-corrected chi connectivity index (χ0v) is 17.5. The van der Waals surface area contributed by atoms with Gasteiger partial charge in [0.1, 0.15) is 5.75 Å². The number of rotatable bonds is 4. The molecule has 0 saturated carbocycles. The van der Waals surface area contributed by atoms with Gasteiger partial charge in [-0.05, 0) is 41.5 Å². The molecule has 4 aromatic rings. The van der Waals surface area contributed by atoms with Crippen molar-refractivity contribution in [1.29, 1.82) is 0 Å². The van der Waals surface area contributed by atoms with Crippen molar-refractivity contribution in [2.24, 2.45) is 5.16 Å². The largest absolute Gasteiger partial charge is 0.497 e. The first-order chi connectivity index (χ1) is 15.1. The lowest BCUT2D eigenvalue weighted by atomic mass is 9.91. The van der Waals surface area contributed by atoms with Crippen molar-refractivity contribution in [2.45, 2.75) is 12.5 Å². The predicted octanol–water partition coefficient (Wildman–Crippen LogP) is 5.72. The van der Waals surface area contributed by atoms with Gasteiger partial charge in [0.25, 0.3) is 5.56 Å². The summed E-state index contributed by atoms with van der Waals surface area (Å²) in [7, 11) is 1.63. The first kappa shape index (κ1) is 19.4. The number of aromatic nitrogens is 1. The van der Waals surface area contributed by atoms with Crippen LogP contribution in [-0.4, -0.2) is 17.8 Å². The molecule has 0 saturated heterocycles. The second-order valence-corrected chi connectivity index (χ2v) is 7.81. The van der Waals surface area contributed by atoms with Crippen LogP contribution in [0.2, 0.25) is 5.02 Å². The van der Waals surface area contributed by atoms with Crippen LogP contribution >= 0.6 is 11.6 Å². The molecule has 5 nitrogen and oxygen atoms in total. The summed E-state index contributed by atoms with van der Waals surface area (Å²) in [5, 5.41) is 5.78. The summed E-state index contributed by atoms with van der Waals surface area (Å²) < 4.78 is 5.23. The average Bonchev–Trinajstić information content (AvgIpc) is 3.29. The molecular weight excluding hydrogens is 412 g/mol. The van der Waals surface area contributed by atoms with Gasteiger partial charge in [-0.3, -0.25) is 4.79 Å². The lowest BCUT2D eigenvalue weighted by Gasteiger charge is -2.13. The van der Waals surface area contributed by atoms with Gasteiger partial charge in [0.2, 0.25) is 0 Å². The van der Waals surface area contributed by atoms with Gasteiger partial charge in [-0.25, -0.2) is 0 Å². The van der Waals surface area contributed by atoms with E-state index in [0.29, 0.717) is 22.7 Å². The summed E-state index contributed by atoms with van der Waals surface area (Å²) >= 11 is 6.30. The van der Waals surface area contributed by atoms with E-state index in [9.17, 15) is 4.79 Å². The third-order valence-corrected chi connectivity index (χ3v) is 5.72. The van der Waals surface area contributed by atoms with E-state index < -0.39 is 0 Å². The smallest absolute Gasteiger partial charge is 0.258 e. The minimum absolute atomic E-state index is 0.202. The van der Waals surface area contributed by atoms with Gasteiger partial charge in [0, 0.05) is 27.9 Å². The Labute approximate surface area is 183 Å². The number of methoxy groups -OCH3 is 1. The molecule has 1 atom stereocenters. The van der Waals surface area contributed by atoms with Gasteiger partial charge >= 0.3 is 0 Å². The Morgan fingerprint density at radius 3 is 2.55 bits per heavy atom. The zero-order chi connectivity index (χ0) is 21.4. The number of benzene rings is 3. The predicted molar refractivity (Wildman–Crippen MR) is 123 cm³/mol. The summed E-state index contributed by atoms with van der Waals surface area (Å²) in [5.41, 5.74) is 4.35. The summed E-state index contributed by atoms with van der Waals surface area (Å²) in [6.45, 7) is 0. The molecule has 31 heavy (non-hydrogen) atoms. The number of fused-ring (bicyclic) bond motifs is 1. The minimum Gasteiger partial charge on any atom is -0.497 e. The second kappa shape index (κ2) is 7.93. The number of hydrogen-bond donors (Lipinski definition) is 1. The standard InChI is InChI=1S/C25H19ClN2O3/c1-30-18-10-7-15(8-11-18)22-14-21(28-31-22)24-23(16-5-3-2-4-6-16)19-13-17(26)9-12-20(19)27-25(24)29/h2-13,22H,14H2,1H3,(H,27,29)/t22-/m1/s1. The van der Waals surface area contributed by atoms with Crippen molar-refractivity contribution in [1.82, 2.24) is 4.98 Å². The number of hydrogen-bond acceptors (Lipinski definition) is 4. The quantitative estimate of drug-likeness (QED) is 0.450. The van der Waals surface area contributed by atoms with Crippen LogP contribution in [-0.2, 0) is 4.84 Å². The lowest BCUT2D eigenvalue weighted by Crippen LogP contribution is -2.20. The van der Waals surface area contributed by atoms with Crippen LogP contribution in [0.25, 0.3) is 22.0 Å². The maximum Gasteiger partial charge on any atom is 0.258 e. The molecule has 6 heteroatoms. The van der Waals surface area contributed by atoms with Gasteiger partial charge in [0.05, 0.1) is 18.4 Å². The Morgan fingerprint density at radius 2 is 1.81 bits per heavy atom. The zero-order valence-electron chi connectivity index (χ0n) is 16.8. The van der Waals surface area contributed by atoms with Gasteiger partial charge in [-0.15, -0.1) is 0 Å². The van der Waals surface area contributed by atoms with Crippen LogP contribution in [0.1, 0.15) is 23.7 Å². The van der Waals surface area contributed by atoms with Crippen molar-refractivity contribution >= 4 is 28.2 Å². The molecule has 1 aliphatic rings. The van der Waals surface area contributed by atoms with E-state index in [0.717, 1.165) is 33.3 Å². The molecule has 5 rings (SSSR count). The fourth-order valence-corrected chi connectivity index (χ4v) is 4.14. The lowest BCUT2D eigenvalue weighted by molar-refractivity contribution is 0.0857. The molecule has 0 aliphatic carbocycles. The van der Waals surface area contributed by atoms with E-state index in [4.69, 9.17) is 21.2 Å². The summed E-state index contributed by atoms with van der Waals surface area (Å²) in [5.74, 6) is 0.775. The second-order valence-electron chi connectivity index (χ2n) is 7.37. The van der Waals surface area contributed by atoms with E-state index in [-0.39, 0.29) is 11.7 Å². The maximum absolute atomic E-state index is 13.2. The number of oxime groups is 1. The van der Waals surface area contributed by atoms with Crippen molar-refractivity contribution in [3.05, 3.63) is 99.3 Å². The van der Waals surface area contributed by atoms with Crippen molar-refractivity contribution in [2.75, 3.05) is 7.11 Å². The van der Waals surface area contributed by atoms with Gasteiger partial charge in [0.15, 0.2) is 6.10 Å². The molecule has 0 unspecified atom stereocenters. The Balaban J connectivity index is 1.63. The van der Waals surface area contributed by atoms with E-state index in [1.165, 1.54) is 0 Å². The molecule has 1 N–H and O–H groups in total. The van der Waals surface area contributed by atoms with Gasteiger partial charge in [-0.2, -0.15) is 0 Å². The first-order valence-corrected chi connectivity index (χ1v) is 10.3. The van der Waals surface area contributed by atoms with Crippen molar-refractivity contribution < 1.29 is 9.57 Å². The highest BCUT2D eigenvalue weighted by Gasteiger charge is 2.28. The number of aromatic amines is 1. The highest BCUT2D eigenvalue weighted by molar-refractivity contribution is 6.31. The monoisotopic (exact) mass is 430 g/mol. The molecule has 0 bridgehead atoms. The van der Waals surface area contributed by atoms with E-state index in [1.807, 2.05) is 66.7 Å². The van der Waals surface area contributed by atoms with Gasteiger partial charge in [-0.1, -0.05) is 59.2 Å². The number of halogens is 1. The normalized spacial score (nSPS) is 15.5. The molecule has 1 aliphatic heterocycles. The van der Waals surface area contributed by atoms with Crippen LogP contribution in [0, 0.1) is 0 Å². The molecule has 0 radical (unpaired) electrons. The number of nitrogens with one attached hydrogen (secondary N) is 1. The molecule has 3 aromatic carbocycles. The maximum atomic E-state index is 13.2. The molecule has 0 amide bonds. The Morgan fingerprint density at radius 1 is 1.03 bits per heavy atom. The SMILES string of the molecule is COc1ccc([C@H]2CC(c3c(-c4ccccc4)c4cc(Cl)ccc4[nH]c3=O)=NO2)cc1. The van der Waals surface area contributed by atoms with E-state index in [2.05, 4.69) is 10.1 Å². The topological polar surface area (TPSA) is 63.7 Å². The van der Waals surface area contributed by atoms with E-state index in [1.54, 1.807) is 13.2 Å². The fourth-order valence-electron chi connectivity index (χ4n) is 3.97. The molecule has 154 valence electrons. The van der Waals surface area contributed by atoms with Gasteiger partial charge < -0.3 is 14.6 Å². The molecule has 1 aromatic heterocycles. The Kier molecular flexibility index (Phi) is 4.96. The van der Waals surface area contributed by atoms with Crippen LogP contribution in [0.4, 0.5) is 0 Å². The fraction of sp³-hybridized carbons (Fsp3) is 0.120. The molecule has 0 spiro atoms. The minimum atomic E-state index is -0.265. The van der Waals surface area contributed by atoms with Crippen molar-refractivity contribution in [3.63, 3.8) is 0 Å².